The van der Waals surface area contributed by atoms with E-state index in [-0.39, 0.29) is 12.1 Å². The number of primary amides is 1. The number of amides is 2. The first kappa shape index (κ1) is 17.5. The van der Waals surface area contributed by atoms with Crippen molar-refractivity contribution in [2.45, 2.75) is 12.5 Å². The molecule has 3 aromatic rings. The zero-order valence-electron chi connectivity index (χ0n) is 13.5. The van der Waals surface area contributed by atoms with E-state index in [1.54, 1.807) is 24.5 Å². The number of hydrogen-bond donors (Lipinski definition) is 2. The Morgan fingerprint density at radius 3 is 2.58 bits per heavy atom. The van der Waals surface area contributed by atoms with Crippen molar-refractivity contribution in [2.24, 2.45) is 5.73 Å². The van der Waals surface area contributed by atoms with E-state index in [4.69, 9.17) is 5.73 Å². The SMILES string of the molecule is NC(=O)C(=O)C(Cc1cccs1)NC(=O)c1ccnn1-c1ccncc1. The van der Waals surface area contributed by atoms with E-state index in [1.807, 2.05) is 17.5 Å². The van der Waals surface area contributed by atoms with E-state index in [9.17, 15) is 14.4 Å². The maximum atomic E-state index is 12.7. The van der Waals surface area contributed by atoms with E-state index >= 15 is 0 Å². The number of carbonyl (C=O) groups is 3. The fourth-order valence-electron chi connectivity index (χ4n) is 2.41. The Morgan fingerprint density at radius 2 is 1.92 bits per heavy atom. The van der Waals surface area contributed by atoms with Crippen LogP contribution in [0.2, 0.25) is 0 Å². The van der Waals surface area contributed by atoms with E-state index < -0.39 is 23.6 Å². The molecule has 3 N–H and O–H groups in total. The number of rotatable bonds is 7. The second-order valence-electron chi connectivity index (χ2n) is 5.37. The van der Waals surface area contributed by atoms with Crippen molar-refractivity contribution in [3.05, 3.63) is 64.9 Å². The number of aromatic nitrogens is 3. The fourth-order valence-corrected chi connectivity index (χ4v) is 3.16. The summed E-state index contributed by atoms with van der Waals surface area (Å²) in [5.74, 6) is -2.47. The molecule has 0 bridgehead atoms. The molecule has 26 heavy (non-hydrogen) atoms. The summed E-state index contributed by atoms with van der Waals surface area (Å²) in [5.41, 5.74) is 5.99. The molecule has 9 heteroatoms. The van der Waals surface area contributed by atoms with E-state index in [0.717, 1.165) is 4.88 Å². The molecule has 0 saturated carbocycles. The van der Waals surface area contributed by atoms with Gasteiger partial charge in [0.2, 0.25) is 5.78 Å². The summed E-state index contributed by atoms with van der Waals surface area (Å²) >= 11 is 1.42. The molecule has 0 aliphatic heterocycles. The average Bonchev–Trinajstić information content (AvgIpc) is 3.32. The molecule has 132 valence electrons. The molecule has 2 amide bonds. The minimum absolute atomic E-state index is 0.189. The third kappa shape index (κ3) is 3.83. The predicted molar refractivity (Wildman–Crippen MR) is 94.8 cm³/mol. The number of nitrogens with zero attached hydrogens (tertiary/aromatic N) is 3. The lowest BCUT2D eigenvalue weighted by Gasteiger charge is -2.16. The van der Waals surface area contributed by atoms with Crippen LogP contribution in [0.15, 0.2) is 54.3 Å². The van der Waals surface area contributed by atoms with Crippen LogP contribution in [0.25, 0.3) is 5.69 Å². The van der Waals surface area contributed by atoms with E-state index in [0.29, 0.717) is 5.69 Å². The predicted octanol–water partition coefficient (Wildman–Crippen LogP) is 0.724. The molecule has 0 aliphatic carbocycles. The van der Waals surface area contributed by atoms with Crippen LogP contribution < -0.4 is 11.1 Å². The van der Waals surface area contributed by atoms with Gasteiger partial charge in [0, 0.05) is 23.7 Å². The number of nitrogens with two attached hydrogens (primary N) is 1. The van der Waals surface area contributed by atoms with Crippen LogP contribution in [0, 0.1) is 0 Å². The fraction of sp³-hybridized carbons (Fsp3) is 0.118. The quantitative estimate of drug-likeness (QED) is 0.595. The van der Waals surface area contributed by atoms with Crippen molar-refractivity contribution < 1.29 is 14.4 Å². The maximum absolute atomic E-state index is 12.7. The zero-order chi connectivity index (χ0) is 18.5. The smallest absolute Gasteiger partial charge is 0.287 e. The first-order chi connectivity index (χ1) is 12.6. The highest BCUT2D eigenvalue weighted by atomic mass is 32.1. The number of hydrogen-bond acceptors (Lipinski definition) is 6. The van der Waals surface area contributed by atoms with Gasteiger partial charge < -0.3 is 11.1 Å². The van der Waals surface area contributed by atoms with Crippen LogP contribution in [-0.2, 0) is 16.0 Å². The van der Waals surface area contributed by atoms with Gasteiger partial charge in [-0.15, -0.1) is 11.3 Å². The summed E-state index contributed by atoms with van der Waals surface area (Å²) in [4.78, 5) is 40.9. The van der Waals surface area contributed by atoms with Crippen molar-refractivity contribution in [1.29, 1.82) is 0 Å². The lowest BCUT2D eigenvalue weighted by atomic mass is 10.1. The number of Topliss-reactive ketones (excluding diaryl/α,β-unsaturated/α-hetero) is 1. The molecule has 3 rings (SSSR count). The number of ketones is 1. The summed E-state index contributed by atoms with van der Waals surface area (Å²) in [5, 5.41) is 8.56. The molecule has 3 heterocycles. The minimum Gasteiger partial charge on any atom is -0.363 e. The van der Waals surface area contributed by atoms with Crippen LogP contribution in [0.1, 0.15) is 15.4 Å². The van der Waals surface area contributed by atoms with Crippen LogP contribution in [-0.4, -0.2) is 38.4 Å². The van der Waals surface area contributed by atoms with E-state index in [1.165, 1.54) is 28.3 Å². The first-order valence-electron chi connectivity index (χ1n) is 7.67. The topological polar surface area (TPSA) is 120 Å². The second-order valence-corrected chi connectivity index (χ2v) is 6.40. The summed E-state index contributed by atoms with van der Waals surface area (Å²) in [6, 6.07) is 7.51. The first-order valence-corrected chi connectivity index (χ1v) is 8.55. The normalized spacial score (nSPS) is 11.7. The largest absolute Gasteiger partial charge is 0.363 e. The third-order valence-electron chi connectivity index (χ3n) is 3.63. The van der Waals surface area contributed by atoms with Crippen LogP contribution in [0.4, 0.5) is 0 Å². The highest BCUT2D eigenvalue weighted by Crippen LogP contribution is 2.13. The molecular weight excluding hydrogens is 354 g/mol. The van der Waals surface area contributed by atoms with Crippen molar-refractivity contribution in [3.8, 4) is 5.69 Å². The highest BCUT2D eigenvalue weighted by molar-refractivity contribution is 7.09. The molecule has 0 aromatic carbocycles. The maximum Gasteiger partial charge on any atom is 0.287 e. The number of thiophene rings is 1. The third-order valence-corrected chi connectivity index (χ3v) is 4.53. The summed E-state index contributed by atoms with van der Waals surface area (Å²) in [7, 11) is 0. The van der Waals surface area contributed by atoms with Crippen molar-refractivity contribution in [2.75, 3.05) is 0 Å². The Balaban J connectivity index is 1.83. The Bertz CT molecular complexity index is 921. The van der Waals surface area contributed by atoms with Gasteiger partial charge in [-0.05, 0) is 29.6 Å². The monoisotopic (exact) mass is 369 g/mol. The van der Waals surface area contributed by atoms with Gasteiger partial charge in [0.25, 0.3) is 11.8 Å². The van der Waals surface area contributed by atoms with Crippen LogP contribution in [0.3, 0.4) is 0 Å². The number of nitrogens with one attached hydrogen (secondary N) is 1. The molecular formula is C17H15N5O3S. The number of carbonyl (C=O) groups excluding carboxylic acids is 3. The number of pyridine rings is 1. The van der Waals surface area contributed by atoms with Gasteiger partial charge in [-0.1, -0.05) is 6.07 Å². The lowest BCUT2D eigenvalue weighted by Crippen LogP contribution is -2.47. The van der Waals surface area contributed by atoms with Gasteiger partial charge in [0.05, 0.1) is 11.9 Å². The van der Waals surface area contributed by atoms with Gasteiger partial charge in [-0.2, -0.15) is 5.10 Å². The van der Waals surface area contributed by atoms with Gasteiger partial charge in [0.15, 0.2) is 0 Å². The van der Waals surface area contributed by atoms with Crippen LogP contribution in [0.5, 0.6) is 0 Å². The Kier molecular flexibility index (Phi) is 5.18. The summed E-state index contributed by atoms with van der Waals surface area (Å²) < 4.78 is 1.42. The molecule has 8 nitrogen and oxygen atoms in total. The van der Waals surface area contributed by atoms with Gasteiger partial charge in [-0.25, -0.2) is 4.68 Å². The Morgan fingerprint density at radius 1 is 1.15 bits per heavy atom. The van der Waals surface area contributed by atoms with Gasteiger partial charge >= 0.3 is 0 Å². The zero-order valence-corrected chi connectivity index (χ0v) is 14.3. The van der Waals surface area contributed by atoms with Gasteiger partial charge in [-0.3, -0.25) is 19.4 Å². The second kappa shape index (κ2) is 7.70. The van der Waals surface area contributed by atoms with Crippen molar-refractivity contribution >= 4 is 28.9 Å². The average molecular weight is 369 g/mol. The van der Waals surface area contributed by atoms with Crippen molar-refractivity contribution in [1.82, 2.24) is 20.1 Å². The molecule has 0 saturated heterocycles. The van der Waals surface area contributed by atoms with E-state index in [2.05, 4.69) is 15.4 Å². The Hall–Kier alpha value is -3.33. The van der Waals surface area contributed by atoms with Crippen molar-refractivity contribution in [3.63, 3.8) is 0 Å². The molecule has 3 aromatic heterocycles. The molecule has 1 unspecified atom stereocenters. The molecule has 0 spiro atoms. The standard InChI is InChI=1S/C17H15N5O3S/c18-16(24)15(23)13(10-12-2-1-9-26-12)21-17(25)14-5-8-20-22(14)11-3-6-19-7-4-11/h1-9,13H,10H2,(H2,18,24)(H,21,25). The molecule has 1 atom stereocenters. The Labute approximate surface area is 152 Å². The molecule has 0 fully saturated rings. The summed E-state index contributed by atoms with van der Waals surface area (Å²) in [6.07, 6.45) is 4.82. The summed E-state index contributed by atoms with van der Waals surface area (Å²) in [6.45, 7) is 0. The minimum atomic E-state index is -1.09. The molecule has 0 aliphatic rings. The molecule has 0 radical (unpaired) electrons. The van der Waals surface area contributed by atoms with Crippen LogP contribution >= 0.6 is 11.3 Å². The van der Waals surface area contributed by atoms with Gasteiger partial charge in [0.1, 0.15) is 11.7 Å². The lowest BCUT2D eigenvalue weighted by molar-refractivity contribution is -0.137. The highest BCUT2D eigenvalue weighted by Gasteiger charge is 2.27.